The zero-order chi connectivity index (χ0) is 13.0. The molecule has 0 amide bonds. The first-order valence-corrected chi connectivity index (χ1v) is 7.58. The van der Waals surface area contributed by atoms with Crippen molar-refractivity contribution in [3.8, 4) is 0 Å². The van der Waals surface area contributed by atoms with Gasteiger partial charge in [0.05, 0.1) is 15.2 Å². The van der Waals surface area contributed by atoms with E-state index in [4.69, 9.17) is 4.98 Å². The molecular formula is C15H22N2S. The third kappa shape index (κ3) is 3.53. The summed E-state index contributed by atoms with van der Waals surface area (Å²) in [6.07, 6.45) is 2.30. The van der Waals surface area contributed by atoms with Crippen LogP contribution < -0.4 is 5.32 Å². The Bertz CT molecular complexity index is 459. The molecule has 1 aromatic heterocycles. The highest BCUT2D eigenvalue weighted by Crippen LogP contribution is 2.24. The van der Waals surface area contributed by atoms with Crippen LogP contribution in [0.3, 0.4) is 0 Å². The molecule has 18 heavy (non-hydrogen) atoms. The smallest absolute Gasteiger partial charge is 0.0941 e. The topological polar surface area (TPSA) is 24.9 Å². The molecule has 0 aliphatic carbocycles. The van der Waals surface area contributed by atoms with E-state index < -0.39 is 0 Å². The van der Waals surface area contributed by atoms with Gasteiger partial charge in [-0.2, -0.15) is 0 Å². The van der Waals surface area contributed by atoms with E-state index in [1.165, 1.54) is 16.1 Å². The molecule has 2 atom stereocenters. The van der Waals surface area contributed by atoms with E-state index in [0.29, 0.717) is 12.0 Å². The van der Waals surface area contributed by atoms with Gasteiger partial charge in [-0.05, 0) is 37.9 Å². The van der Waals surface area contributed by atoms with Gasteiger partial charge in [0.15, 0.2) is 0 Å². The fraction of sp³-hybridized carbons (Fsp3) is 0.533. The molecule has 0 aliphatic rings. The number of benzene rings is 1. The summed E-state index contributed by atoms with van der Waals surface area (Å²) in [4.78, 5) is 4.70. The second kappa shape index (κ2) is 6.30. The monoisotopic (exact) mass is 262 g/mol. The van der Waals surface area contributed by atoms with Gasteiger partial charge in [-0.1, -0.05) is 26.0 Å². The summed E-state index contributed by atoms with van der Waals surface area (Å²) in [5.74, 6) is 0.680. The van der Waals surface area contributed by atoms with Gasteiger partial charge in [0, 0.05) is 12.5 Å². The summed E-state index contributed by atoms with van der Waals surface area (Å²) in [6, 6.07) is 8.99. The lowest BCUT2D eigenvalue weighted by atomic mass is 10.00. The van der Waals surface area contributed by atoms with Crippen molar-refractivity contribution in [1.29, 1.82) is 0 Å². The highest BCUT2D eigenvalue weighted by molar-refractivity contribution is 7.18. The highest BCUT2D eigenvalue weighted by Gasteiger charge is 2.11. The zero-order valence-electron chi connectivity index (χ0n) is 11.4. The Balaban J connectivity index is 1.96. The molecule has 2 rings (SSSR count). The molecule has 0 fully saturated rings. The fourth-order valence-electron chi connectivity index (χ4n) is 2.42. The SMILES string of the molecule is CCNC(C)CC(C)Cc1nc2ccccc2s1. The number of nitrogens with zero attached hydrogens (tertiary/aromatic N) is 1. The maximum absolute atomic E-state index is 4.70. The average molecular weight is 262 g/mol. The first kappa shape index (κ1) is 13.5. The number of nitrogens with one attached hydrogen (secondary N) is 1. The molecule has 0 radical (unpaired) electrons. The Labute approximate surface area is 113 Å². The molecule has 1 N–H and O–H groups in total. The van der Waals surface area contributed by atoms with Crippen molar-refractivity contribution in [2.75, 3.05) is 6.54 Å². The first-order valence-electron chi connectivity index (χ1n) is 6.77. The molecule has 0 spiro atoms. The van der Waals surface area contributed by atoms with Crippen LogP contribution in [-0.2, 0) is 6.42 Å². The predicted octanol–water partition coefficient (Wildman–Crippen LogP) is 3.86. The van der Waals surface area contributed by atoms with E-state index in [1.54, 1.807) is 0 Å². The lowest BCUT2D eigenvalue weighted by molar-refractivity contribution is 0.426. The standard InChI is InChI=1S/C15H22N2S/c1-4-16-12(3)9-11(2)10-15-17-13-7-5-6-8-14(13)18-15/h5-8,11-12,16H,4,9-10H2,1-3H3. The number of thiazole rings is 1. The van der Waals surface area contributed by atoms with E-state index >= 15 is 0 Å². The largest absolute Gasteiger partial charge is 0.315 e. The first-order chi connectivity index (χ1) is 8.69. The second-order valence-electron chi connectivity index (χ2n) is 5.08. The molecule has 0 aliphatic heterocycles. The van der Waals surface area contributed by atoms with Crippen LogP contribution in [0, 0.1) is 5.92 Å². The average Bonchev–Trinajstić information content (AvgIpc) is 2.70. The molecular weight excluding hydrogens is 240 g/mol. The molecule has 2 aromatic rings. The van der Waals surface area contributed by atoms with Gasteiger partial charge in [0.25, 0.3) is 0 Å². The quantitative estimate of drug-likeness (QED) is 0.855. The number of para-hydroxylation sites is 1. The molecule has 2 nitrogen and oxygen atoms in total. The third-order valence-corrected chi connectivity index (χ3v) is 4.23. The minimum absolute atomic E-state index is 0.597. The van der Waals surface area contributed by atoms with E-state index in [9.17, 15) is 0 Å². The molecule has 1 heterocycles. The number of aromatic nitrogens is 1. The fourth-order valence-corrected chi connectivity index (χ4v) is 3.55. The molecule has 1 aromatic carbocycles. The molecule has 0 bridgehead atoms. The Morgan fingerprint density at radius 2 is 2.06 bits per heavy atom. The number of fused-ring (bicyclic) bond motifs is 1. The van der Waals surface area contributed by atoms with Crippen LogP contribution in [0.15, 0.2) is 24.3 Å². The number of hydrogen-bond acceptors (Lipinski definition) is 3. The van der Waals surface area contributed by atoms with Crippen molar-refractivity contribution in [1.82, 2.24) is 10.3 Å². The lowest BCUT2D eigenvalue weighted by Crippen LogP contribution is -2.27. The summed E-state index contributed by atoms with van der Waals surface area (Å²) in [5.41, 5.74) is 1.14. The Hall–Kier alpha value is -0.930. The summed E-state index contributed by atoms with van der Waals surface area (Å²) in [6.45, 7) is 7.79. The molecule has 0 saturated heterocycles. The third-order valence-electron chi connectivity index (χ3n) is 3.17. The van der Waals surface area contributed by atoms with Crippen LogP contribution in [0.5, 0.6) is 0 Å². The minimum atomic E-state index is 0.597. The second-order valence-corrected chi connectivity index (χ2v) is 6.19. The summed E-state index contributed by atoms with van der Waals surface area (Å²) in [5, 5.41) is 4.74. The molecule has 0 saturated carbocycles. The molecule has 2 unspecified atom stereocenters. The van der Waals surface area contributed by atoms with Crippen LogP contribution in [0.2, 0.25) is 0 Å². The predicted molar refractivity (Wildman–Crippen MR) is 80.2 cm³/mol. The Kier molecular flexibility index (Phi) is 4.72. The van der Waals surface area contributed by atoms with Crippen LogP contribution in [0.25, 0.3) is 10.2 Å². The van der Waals surface area contributed by atoms with Gasteiger partial charge >= 0.3 is 0 Å². The Morgan fingerprint density at radius 3 is 2.78 bits per heavy atom. The van der Waals surface area contributed by atoms with Gasteiger partial charge in [-0.15, -0.1) is 11.3 Å². The van der Waals surface area contributed by atoms with E-state index in [2.05, 4.69) is 50.4 Å². The van der Waals surface area contributed by atoms with Crippen molar-refractivity contribution in [3.05, 3.63) is 29.3 Å². The Morgan fingerprint density at radius 1 is 1.28 bits per heavy atom. The van der Waals surface area contributed by atoms with Gasteiger partial charge in [-0.25, -0.2) is 4.98 Å². The maximum Gasteiger partial charge on any atom is 0.0941 e. The van der Waals surface area contributed by atoms with Crippen LogP contribution >= 0.6 is 11.3 Å². The van der Waals surface area contributed by atoms with Crippen molar-refractivity contribution >= 4 is 21.6 Å². The van der Waals surface area contributed by atoms with Crippen LogP contribution in [0.4, 0.5) is 0 Å². The van der Waals surface area contributed by atoms with Gasteiger partial charge < -0.3 is 5.32 Å². The van der Waals surface area contributed by atoms with Crippen molar-refractivity contribution < 1.29 is 0 Å². The minimum Gasteiger partial charge on any atom is -0.315 e. The van der Waals surface area contributed by atoms with Crippen molar-refractivity contribution in [3.63, 3.8) is 0 Å². The van der Waals surface area contributed by atoms with Crippen molar-refractivity contribution in [2.45, 2.75) is 39.7 Å². The van der Waals surface area contributed by atoms with Gasteiger partial charge in [-0.3, -0.25) is 0 Å². The summed E-state index contributed by atoms with van der Waals surface area (Å²) >= 11 is 1.83. The highest BCUT2D eigenvalue weighted by atomic mass is 32.1. The van der Waals surface area contributed by atoms with E-state index in [0.717, 1.165) is 18.5 Å². The van der Waals surface area contributed by atoms with E-state index in [-0.39, 0.29) is 0 Å². The van der Waals surface area contributed by atoms with Gasteiger partial charge in [0.1, 0.15) is 0 Å². The van der Waals surface area contributed by atoms with E-state index in [1.807, 2.05) is 11.3 Å². The number of rotatable bonds is 6. The molecule has 3 heteroatoms. The lowest BCUT2D eigenvalue weighted by Gasteiger charge is -2.16. The van der Waals surface area contributed by atoms with Gasteiger partial charge in [0.2, 0.25) is 0 Å². The van der Waals surface area contributed by atoms with Crippen molar-refractivity contribution in [2.24, 2.45) is 5.92 Å². The number of hydrogen-bond donors (Lipinski definition) is 1. The summed E-state index contributed by atoms with van der Waals surface area (Å²) < 4.78 is 1.31. The summed E-state index contributed by atoms with van der Waals surface area (Å²) in [7, 11) is 0. The van der Waals surface area contributed by atoms with Crippen LogP contribution in [-0.4, -0.2) is 17.6 Å². The maximum atomic E-state index is 4.70. The molecule has 98 valence electrons. The normalized spacial score (nSPS) is 14.8. The zero-order valence-corrected chi connectivity index (χ0v) is 12.3. The van der Waals surface area contributed by atoms with Crippen LogP contribution in [0.1, 0.15) is 32.2 Å².